The zero-order valence-corrected chi connectivity index (χ0v) is 10.8. The first-order valence-electron chi connectivity index (χ1n) is 6.39. The van der Waals surface area contributed by atoms with Crippen molar-refractivity contribution in [3.05, 3.63) is 24.1 Å². The summed E-state index contributed by atoms with van der Waals surface area (Å²) in [6.07, 6.45) is 2.25. The van der Waals surface area contributed by atoms with E-state index in [2.05, 4.69) is 16.9 Å². The summed E-state index contributed by atoms with van der Waals surface area (Å²) >= 11 is 0. The van der Waals surface area contributed by atoms with E-state index < -0.39 is 0 Å². The van der Waals surface area contributed by atoms with E-state index in [9.17, 15) is 0 Å². The molecule has 0 atom stereocenters. The zero-order chi connectivity index (χ0) is 12.5. The van der Waals surface area contributed by atoms with Gasteiger partial charge in [-0.1, -0.05) is 0 Å². The Morgan fingerprint density at radius 3 is 2.83 bits per heavy atom. The van der Waals surface area contributed by atoms with Crippen molar-refractivity contribution < 1.29 is 9.15 Å². The topological polar surface area (TPSA) is 38.5 Å². The number of rotatable bonds is 2. The minimum atomic E-state index is 0.458. The van der Waals surface area contributed by atoms with Gasteiger partial charge in [-0.25, -0.2) is 4.98 Å². The van der Waals surface area contributed by atoms with Crippen LogP contribution in [-0.2, 0) is 0 Å². The monoisotopic (exact) mass is 246 g/mol. The third-order valence-electron chi connectivity index (χ3n) is 3.68. The highest BCUT2D eigenvalue weighted by Crippen LogP contribution is 2.30. The van der Waals surface area contributed by atoms with Crippen LogP contribution in [0, 0.1) is 0 Å². The van der Waals surface area contributed by atoms with E-state index in [0.717, 1.165) is 48.7 Å². The first-order chi connectivity index (χ1) is 8.76. The molecule has 1 aromatic heterocycles. The van der Waals surface area contributed by atoms with E-state index in [0.29, 0.717) is 5.92 Å². The molecule has 4 heteroatoms. The summed E-state index contributed by atoms with van der Waals surface area (Å²) in [6.45, 7) is 2.24. The van der Waals surface area contributed by atoms with E-state index in [1.54, 1.807) is 7.11 Å². The van der Waals surface area contributed by atoms with E-state index in [1.165, 1.54) is 0 Å². The maximum Gasteiger partial charge on any atom is 0.198 e. The zero-order valence-electron chi connectivity index (χ0n) is 10.8. The van der Waals surface area contributed by atoms with Crippen LogP contribution in [0.25, 0.3) is 11.1 Å². The molecule has 96 valence electrons. The Labute approximate surface area is 107 Å². The van der Waals surface area contributed by atoms with Crippen LogP contribution in [0.4, 0.5) is 0 Å². The number of methoxy groups -OCH3 is 1. The average molecular weight is 246 g/mol. The summed E-state index contributed by atoms with van der Waals surface area (Å²) < 4.78 is 11.1. The van der Waals surface area contributed by atoms with Gasteiger partial charge in [0.15, 0.2) is 11.5 Å². The lowest BCUT2D eigenvalue weighted by Crippen LogP contribution is -2.29. The molecule has 18 heavy (non-hydrogen) atoms. The number of hydrogen-bond acceptors (Lipinski definition) is 4. The quantitative estimate of drug-likeness (QED) is 0.816. The molecule has 1 aromatic carbocycles. The van der Waals surface area contributed by atoms with Crippen LogP contribution in [0.3, 0.4) is 0 Å². The maximum absolute atomic E-state index is 5.86. The molecule has 3 rings (SSSR count). The van der Waals surface area contributed by atoms with Crippen LogP contribution in [0.1, 0.15) is 24.7 Å². The fourth-order valence-corrected chi connectivity index (χ4v) is 2.48. The van der Waals surface area contributed by atoms with E-state index >= 15 is 0 Å². The number of benzene rings is 1. The number of likely N-dealkylation sites (tertiary alicyclic amines) is 1. The second kappa shape index (κ2) is 4.61. The Morgan fingerprint density at radius 1 is 1.33 bits per heavy atom. The average Bonchev–Trinajstić information content (AvgIpc) is 2.82. The van der Waals surface area contributed by atoms with Gasteiger partial charge >= 0.3 is 0 Å². The summed E-state index contributed by atoms with van der Waals surface area (Å²) in [6, 6.07) is 5.77. The van der Waals surface area contributed by atoms with Crippen molar-refractivity contribution in [1.82, 2.24) is 9.88 Å². The summed E-state index contributed by atoms with van der Waals surface area (Å²) in [7, 11) is 3.83. The third kappa shape index (κ3) is 2.08. The van der Waals surface area contributed by atoms with Crippen molar-refractivity contribution in [2.45, 2.75) is 18.8 Å². The molecule has 1 aliphatic heterocycles. The van der Waals surface area contributed by atoms with E-state index in [1.807, 2.05) is 18.2 Å². The van der Waals surface area contributed by atoms with Gasteiger partial charge in [0.05, 0.1) is 7.11 Å². The van der Waals surface area contributed by atoms with Crippen molar-refractivity contribution in [3.8, 4) is 5.75 Å². The summed E-state index contributed by atoms with van der Waals surface area (Å²) in [5, 5.41) is 0. The van der Waals surface area contributed by atoms with Gasteiger partial charge in [0.25, 0.3) is 0 Å². The standard InChI is InChI=1S/C14H18N2O2/c1-16-7-5-10(6-8-16)14-15-12-9-11(17-2)3-4-13(12)18-14/h3-4,9-10H,5-8H2,1-2H3. The van der Waals surface area contributed by atoms with Crippen molar-refractivity contribution in [3.63, 3.8) is 0 Å². The van der Waals surface area contributed by atoms with Crippen molar-refractivity contribution in [2.75, 3.05) is 27.2 Å². The highest BCUT2D eigenvalue weighted by Gasteiger charge is 2.23. The minimum Gasteiger partial charge on any atom is -0.497 e. The van der Waals surface area contributed by atoms with E-state index in [-0.39, 0.29) is 0 Å². The van der Waals surface area contributed by atoms with Gasteiger partial charge in [-0.2, -0.15) is 0 Å². The van der Waals surface area contributed by atoms with Crippen LogP contribution < -0.4 is 4.74 Å². The predicted molar refractivity (Wildman–Crippen MR) is 70.0 cm³/mol. The van der Waals surface area contributed by atoms with Gasteiger partial charge in [0, 0.05) is 12.0 Å². The lowest BCUT2D eigenvalue weighted by molar-refractivity contribution is 0.239. The summed E-state index contributed by atoms with van der Waals surface area (Å²) in [5.74, 6) is 2.16. The second-order valence-corrected chi connectivity index (χ2v) is 4.96. The van der Waals surface area contributed by atoms with Gasteiger partial charge in [-0.05, 0) is 45.1 Å². The fraction of sp³-hybridized carbons (Fsp3) is 0.500. The molecule has 2 aromatic rings. The Hall–Kier alpha value is -1.55. The Kier molecular flexibility index (Phi) is 2.96. The van der Waals surface area contributed by atoms with Crippen molar-refractivity contribution in [2.24, 2.45) is 0 Å². The SMILES string of the molecule is COc1ccc2oc(C3CCN(C)CC3)nc2c1. The minimum absolute atomic E-state index is 0.458. The van der Waals surface area contributed by atoms with Gasteiger partial charge in [-0.15, -0.1) is 0 Å². The normalized spacial score (nSPS) is 18.3. The molecule has 0 spiro atoms. The predicted octanol–water partition coefficient (Wildman–Crippen LogP) is 2.65. The van der Waals surface area contributed by atoms with Gasteiger partial charge in [0.2, 0.25) is 0 Å². The van der Waals surface area contributed by atoms with Crippen LogP contribution in [0.15, 0.2) is 22.6 Å². The first kappa shape index (κ1) is 11.5. The Bertz CT molecular complexity index is 542. The lowest BCUT2D eigenvalue weighted by atomic mass is 9.97. The van der Waals surface area contributed by atoms with Gasteiger partial charge in [0.1, 0.15) is 11.3 Å². The number of piperidine rings is 1. The van der Waals surface area contributed by atoms with Crippen LogP contribution in [-0.4, -0.2) is 37.1 Å². The van der Waals surface area contributed by atoms with Gasteiger partial charge in [-0.3, -0.25) is 0 Å². The largest absolute Gasteiger partial charge is 0.497 e. The van der Waals surface area contributed by atoms with Crippen molar-refractivity contribution >= 4 is 11.1 Å². The molecule has 4 nitrogen and oxygen atoms in total. The Morgan fingerprint density at radius 2 is 2.11 bits per heavy atom. The molecule has 2 heterocycles. The summed E-state index contributed by atoms with van der Waals surface area (Å²) in [4.78, 5) is 6.95. The van der Waals surface area contributed by atoms with Crippen LogP contribution >= 0.6 is 0 Å². The number of hydrogen-bond donors (Lipinski definition) is 0. The molecule has 0 saturated carbocycles. The molecule has 1 fully saturated rings. The molecule has 0 amide bonds. The summed E-state index contributed by atoms with van der Waals surface area (Å²) in [5.41, 5.74) is 1.74. The third-order valence-corrected chi connectivity index (χ3v) is 3.68. The molecule has 1 saturated heterocycles. The van der Waals surface area contributed by atoms with Gasteiger partial charge < -0.3 is 14.1 Å². The molecule has 0 radical (unpaired) electrons. The molecule has 0 unspecified atom stereocenters. The van der Waals surface area contributed by atoms with Crippen LogP contribution in [0.5, 0.6) is 5.75 Å². The molecule has 1 aliphatic rings. The highest BCUT2D eigenvalue weighted by molar-refractivity contribution is 5.74. The molecular weight excluding hydrogens is 228 g/mol. The second-order valence-electron chi connectivity index (χ2n) is 4.96. The lowest BCUT2D eigenvalue weighted by Gasteiger charge is -2.26. The molecule has 0 N–H and O–H groups in total. The smallest absolute Gasteiger partial charge is 0.198 e. The number of nitrogens with zero attached hydrogens (tertiary/aromatic N) is 2. The maximum atomic E-state index is 5.86. The first-order valence-corrected chi connectivity index (χ1v) is 6.39. The molecular formula is C14H18N2O2. The Balaban J connectivity index is 1.88. The number of fused-ring (bicyclic) bond motifs is 1. The highest BCUT2D eigenvalue weighted by atomic mass is 16.5. The molecule has 0 bridgehead atoms. The molecule has 0 aliphatic carbocycles. The van der Waals surface area contributed by atoms with Crippen LogP contribution in [0.2, 0.25) is 0 Å². The van der Waals surface area contributed by atoms with Crippen molar-refractivity contribution in [1.29, 1.82) is 0 Å². The number of oxazole rings is 1. The fourth-order valence-electron chi connectivity index (χ4n) is 2.48. The van der Waals surface area contributed by atoms with E-state index in [4.69, 9.17) is 9.15 Å². The number of ether oxygens (including phenoxy) is 1. The number of aromatic nitrogens is 1.